The molecule has 32 heavy (non-hydrogen) atoms. The van der Waals surface area contributed by atoms with Crippen LogP contribution in [-0.4, -0.2) is 24.8 Å². The number of amides is 1. The third-order valence-corrected chi connectivity index (χ3v) is 5.78. The standard InChI is InChI=1S/C27H28NO3P/c1-17-10-6-8-12-22(17)24(23-13-9-7-11-18(23)2)27(30)31-25-19(3)14-21(15-20(25)4)26(29)28-16-32-5/h6-15,32H,1,16H2,2-5H3,(H,28,29)/b24-22+. The Labute approximate surface area is 190 Å². The Bertz CT molecular complexity index is 1260. The molecule has 1 N–H and O–H groups in total. The molecule has 0 aliphatic carbocycles. The van der Waals surface area contributed by atoms with Crippen LogP contribution in [0.2, 0.25) is 0 Å². The van der Waals surface area contributed by atoms with Crippen LogP contribution in [0.25, 0.3) is 12.2 Å². The van der Waals surface area contributed by atoms with Crippen molar-refractivity contribution in [3.63, 3.8) is 0 Å². The van der Waals surface area contributed by atoms with Crippen molar-refractivity contribution in [2.45, 2.75) is 20.8 Å². The van der Waals surface area contributed by atoms with Gasteiger partial charge in [0, 0.05) is 11.8 Å². The minimum atomic E-state index is -0.453. The molecule has 0 saturated carbocycles. The maximum atomic E-state index is 13.5. The van der Waals surface area contributed by atoms with Crippen molar-refractivity contribution in [2.24, 2.45) is 0 Å². The molecular weight excluding hydrogens is 417 g/mol. The van der Waals surface area contributed by atoms with Crippen molar-refractivity contribution in [1.29, 1.82) is 0 Å². The van der Waals surface area contributed by atoms with Crippen LogP contribution in [0.15, 0.2) is 60.7 Å². The molecule has 164 valence electrons. The van der Waals surface area contributed by atoms with Crippen LogP contribution in [0.5, 0.6) is 5.75 Å². The number of esters is 1. The molecule has 3 rings (SSSR count). The van der Waals surface area contributed by atoms with Crippen LogP contribution in [0, 0.1) is 20.8 Å². The third-order valence-electron chi connectivity index (χ3n) is 5.25. The number of hydrogen-bond acceptors (Lipinski definition) is 3. The van der Waals surface area contributed by atoms with E-state index in [9.17, 15) is 9.59 Å². The zero-order valence-electron chi connectivity index (χ0n) is 18.9. The first kappa shape index (κ1) is 23.4. The van der Waals surface area contributed by atoms with Gasteiger partial charge in [-0.15, -0.1) is 8.58 Å². The molecule has 0 saturated heterocycles. The second kappa shape index (κ2) is 10.4. The average molecular weight is 445 g/mol. The molecule has 3 aromatic carbocycles. The predicted molar refractivity (Wildman–Crippen MR) is 133 cm³/mol. The second-order valence-electron chi connectivity index (χ2n) is 7.71. The summed E-state index contributed by atoms with van der Waals surface area (Å²) in [5, 5.41) is 4.38. The highest BCUT2D eigenvalue weighted by Crippen LogP contribution is 2.27. The van der Waals surface area contributed by atoms with Crippen molar-refractivity contribution in [3.8, 4) is 5.75 Å². The summed E-state index contributed by atoms with van der Waals surface area (Å²) in [6, 6.07) is 18.8. The Hall–Kier alpha value is -3.23. The molecule has 1 atom stereocenters. The summed E-state index contributed by atoms with van der Waals surface area (Å²) in [6.07, 6.45) is 0.646. The molecule has 4 nitrogen and oxygen atoms in total. The van der Waals surface area contributed by atoms with Crippen LogP contribution in [0.3, 0.4) is 0 Å². The van der Waals surface area contributed by atoms with Gasteiger partial charge >= 0.3 is 5.97 Å². The lowest BCUT2D eigenvalue weighted by molar-refractivity contribution is -0.128. The largest absolute Gasteiger partial charge is 0.422 e. The van der Waals surface area contributed by atoms with Crippen LogP contribution in [0.1, 0.15) is 32.6 Å². The van der Waals surface area contributed by atoms with E-state index in [-0.39, 0.29) is 5.91 Å². The van der Waals surface area contributed by atoms with E-state index in [1.54, 1.807) is 12.1 Å². The van der Waals surface area contributed by atoms with E-state index in [0.29, 0.717) is 31.8 Å². The van der Waals surface area contributed by atoms with E-state index in [1.807, 2.05) is 76.0 Å². The van der Waals surface area contributed by atoms with Crippen LogP contribution in [-0.2, 0) is 4.79 Å². The molecule has 3 aromatic rings. The van der Waals surface area contributed by atoms with Gasteiger partial charge in [0.1, 0.15) is 5.75 Å². The fourth-order valence-corrected chi connectivity index (χ4v) is 3.98. The number of ether oxygens (including phenoxy) is 1. The van der Waals surface area contributed by atoms with Gasteiger partial charge in [0.2, 0.25) is 0 Å². The molecule has 0 aliphatic rings. The summed E-state index contributed by atoms with van der Waals surface area (Å²) in [5.74, 6) is -0.107. The van der Waals surface area contributed by atoms with Crippen LogP contribution in [0.4, 0.5) is 0 Å². The Kier molecular flexibility index (Phi) is 7.61. The summed E-state index contributed by atoms with van der Waals surface area (Å²) < 4.78 is 5.94. The second-order valence-corrected chi connectivity index (χ2v) is 8.77. The Morgan fingerprint density at radius 2 is 1.56 bits per heavy atom. The van der Waals surface area contributed by atoms with E-state index < -0.39 is 5.97 Å². The van der Waals surface area contributed by atoms with Gasteiger partial charge in [-0.2, -0.15) is 0 Å². The zero-order chi connectivity index (χ0) is 23.3. The Morgan fingerprint density at radius 1 is 0.938 bits per heavy atom. The minimum Gasteiger partial charge on any atom is -0.422 e. The number of nitrogens with one attached hydrogen (secondary N) is 1. The number of hydrogen-bond donors (Lipinski definition) is 1. The third kappa shape index (κ3) is 5.15. The first-order valence-electron chi connectivity index (χ1n) is 10.4. The van der Waals surface area contributed by atoms with E-state index in [2.05, 4.69) is 11.9 Å². The van der Waals surface area contributed by atoms with Crippen molar-refractivity contribution in [3.05, 3.63) is 98.9 Å². The summed E-state index contributed by atoms with van der Waals surface area (Å²) in [4.78, 5) is 25.9. The summed E-state index contributed by atoms with van der Waals surface area (Å²) >= 11 is 0. The SMILES string of the molecule is C=c1cccc/c1=C(\C(=O)Oc1c(C)cc(C(=O)NCPC)cc1C)c1ccccc1C. The van der Waals surface area contributed by atoms with Gasteiger partial charge in [-0.05, 0) is 72.3 Å². The molecule has 5 heteroatoms. The van der Waals surface area contributed by atoms with Crippen molar-refractivity contribution in [2.75, 3.05) is 13.0 Å². The number of aryl methyl sites for hydroxylation is 3. The van der Waals surface area contributed by atoms with Crippen molar-refractivity contribution < 1.29 is 14.3 Å². The first-order chi connectivity index (χ1) is 15.3. The molecule has 1 unspecified atom stereocenters. The molecule has 1 amide bonds. The first-order valence-corrected chi connectivity index (χ1v) is 12.1. The highest BCUT2D eigenvalue weighted by atomic mass is 31.1. The van der Waals surface area contributed by atoms with Crippen LogP contribution >= 0.6 is 8.58 Å². The van der Waals surface area contributed by atoms with Gasteiger partial charge < -0.3 is 10.1 Å². The van der Waals surface area contributed by atoms with Gasteiger partial charge in [0.15, 0.2) is 0 Å². The molecule has 0 bridgehead atoms. The molecule has 0 radical (unpaired) electrons. The normalized spacial score (nSPS) is 12.0. The lowest BCUT2D eigenvalue weighted by Gasteiger charge is -2.15. The molecule has 0 heterocycles. The summed E-state index contributed by atoms with van der Waals surface area (Å²) in [7, 11) is 0.642. The number of carbonyl (C=O) groups excluding carboxylic acids is 2. The average Bonchev–Trinajstić information content (AvgIpc) is 2.77. The van der Waals surface area contributed by atoms with Gasteiger partial charge in [-0.1, -0.05) is 55.1 Å². The lowest BCUT2D eigenvalue weighted by atomic mass is 9.97. The number of rotatable bonds is 6. The Balaban J connectivity index is 2.07. The molecular formula is C27H28NO3P. The Morgan fingerprint density at radius 3 is 2.19 bits per heavy atom. The summed E-state index contributed by atoms with van der Waals surface area (Å²) in [6.45, 7) is 11.8. The van der Waals surface area contributed by atoms with E-state index in [4.69, 9.17) is 4.74 Å². The smallest absolute Gasteiger partial charge is 0.344 e. The molecule has 0 aromatic heterocycles. The molecule has 0 fully saturated rings. The monoisotopic (exact) mass is 445 g/mol. The lowest BCUT2D eigenvalue weighted by Crippen LogP contribution is -2.30. The number of benzene rings is 3. The van der Waals surface area contributed by atoms with Crippen molar-refractivity contribution in [1.82, 2.24) is 5.32 Å². The minimum absolute atomic E-state index is 0.124. The van der Waals surface area contributed by atoms with E-state index >= 15 is 0 Å². The van der Waals surface area contributed by atoms with Gasteiger partial charge in [0.05, 0.1) is 5.57 Å². The van der Waals surface area contributed by atoms with E-state index in [0.717, 1.165) is 32.7 Å². The number of carbonyl (C=O) groups is 2. The van der Waals surface area contributed by atoms with Crippen molar-refractivity contribution >= 4 is 32.6 Å². The van der Waals surface area contributed by atoms with Gasteiger partial charge in [0.25, 0.3) is 5.91 Å². The topological polar surface area (TPSA) is 55.4 Å². The maximum Gasteiger partial charge on any atom is 0.344 e. The van der Waals surface area contributed by atoms with Crippen LogP contribution < -0.4 is 20.5 Å². The van der Waals surface area contributed by atoms with Gasteiger partial charge in [-0.3, -0.25) is 4.79 Å². The highest BCUT2D eigenvalue weighted by molar-refractivity contribution is 7.36. The van der Waals surface area contributed by atoms with E-state index in [1.165, 1.54) is 0 Å². The molecule has 0 aliphatic heterocycles. The zero-order valence-corrected chi connectivity index (χ0v) is 19.9. The fourth-order valence-electron chi connectivity index (χ4n) is 3.64. The fraction of sp³-hybridized carbons (Fsp3) is 0.185. The predicted octanol–water partition coefficient (Wildman–Crippen LogP) is 3.82. The van der Waals surface area contributed by atoms with Gasteiger partial charge in [-0.25, -0.2) is 4.79 Å². The highest BCUT2D eigenvalue weighted by Gasteiger charge is 2.20. The molecule has 0 spiro atoms. The summed E-state index contributed by atoms with van der Waals surface area (Å²) in [5.41, 5.74) is 4.27. The maximum absolute atomic E-state index is 13.5. The quantitative estimate of drug-likeness (QED) is 0.357.